The molecule has 0 spiro atoms. The molecule has 1 unspecified atom stereocenters. The van der Waals surface area contributed by atoms with E-state index in [1.54, 1.807) is 48.2 Å². The highest BCUT2D eigenvalue weighted by molar-refractivity contribution is 5.96. The number of nitrogens with two attached hydrogens (primary N) is 1. The van der Waals surface area contributed by atoms with Crippen molar-refractivity contribution in [2.45, 2.75) is 32.2 Å². The average Bonchev–Trinajstić information content (AvgIpc) is 3.00. The second kappa shape index (κ2) is 15.4. The standard InChI is InChI=1S/C32H37F3N6O4/c1-22(42)41-20-18-40(19-21-41)17-16-37-30(31(44)38-25-11-13-26(14-12-25)45-32(33,34)35)24-9-6-23(7-10-24)8-15-29(43)39-28-5-3-2-4-27(28)36/h3,5-15,30,37H,2,4,16-21,36H2,1H3,(H,38,44)(H,39,43)/b15-8+. The number of halogens is 3. The number of benzene rings is 2. The van der Waals surface area contributed by atoms with Gasteiger partial charge in [-0.2, -0.15) is 0 Å². The van der Waals surface area contributed by atoms with Gasteiger partial charge in [0.1, 0.15) is 11.8 Å². The minimum Gasteiger partial charge on any atom is -0.406 e. The van der Waals surface area contributed by atoms with Gasteiger partial charge in [-0.25, -0.2) is 0 Å². The molecule has 1 aliphatic carbocycles. The molecule has 2 aromatic rings. The van der Waals surface area contributed by atoms with Gasteiger partial charge < -0.3 is 31.3 Å². The molecule has 240 valence electrons. The summed E-state index contributed by atoms with van der Waals surface area (Å²) in [5.41, 5.74) is 8.87. The van der Waals surface area contributed by atoms with E-state index < -0.39 is 24.1 Å². The highest BCUT2D eigenvalue weighted by atomic mass is 19.4. The van der Waals surface area contributed by atoms with Gasteiger partial charge in [0.2, 0.25) is 17.7 Å². The summed E-state index contributed by atoms with van der Waals surface area (Å²) >= 11 is 0. The molecule has 4 rings (SSSR count). The van der Waals surface area contributed by atoms with E-state index in [4.69, 9.17) is 5.73 Å². The maximum Gasteiger partial charge on any atom is 0.573 e. The zero-order chi connectivity index (χ0) is 32.4. The van der Waals surface area contributed by atoms with Crippen molar-refractivity contribution in [3.05, 3.63) is 89.3 Å². The zero-order valence-electron chi connectivity index (χ0n) is 24.9. The van der Waals surface area contributed by atoms with Crippen LogP contribution in [0.4, 0.5) is 18.9 Å². The second-order valence-corrected chi connectivity index (χ2v) is 10.7. The number of hydrogen-bond donors (Lipinski definition) is 4. The summed E-state index contributed by atoms with van der Waals surface area (Å²) in [6, 6.07) is 11.2. The molecule has 1 saturated heterocycles. The summed E-state index contributed by atoms with van der Waals surface area (Å²) in [6.07, 6.45) is 3.49. The highest BCUT2D eigenvalue weighted by Crippen LogP contribution is 2.25. The lowest BCUT2D eigenvalue weighted by Gasteiger charge is -2.34. The Morgan fingerprint density at radius 1 is 1.00 bits per heavy atom. The van der Waals surface area contributed by atoms with Crippen LogP contribution >= 0.6 is 0 Å². The summed E-state index contributed by atoms with van der Waals surface area (Å²) in [7, 11) is 0. The molecule has 0 radical (unpaired) electrons. The summed E-state index contributed by atoms with van der Waals surface area (Å²) in [4.78, 5) is 41.4. The van der Waals surface area contributed by atoms with Crippen molar-refractivity contribution in [3.8, 4) is 5.75 Å². The Morgan fingerprint density at radius 2 is 1.69 bits per heavy atom. The van der Waals surface area contributed by atoms with E-state index >= 15 is 0 Å². The molecule has 2 aromatic carbocycles. The van der Waals surface area contributed by atoms with Crippen LogP contribution in [0, 0.1) is 0 Å². The molecular weight excluding hydrogens is 589 g/mol. The number of carbonyl (C=O) groups is 3. The molecule has 1 heterocycles. The summed E-state index contributed by atoms with van der Waals surface area (Å²) < 4.78 is 41.5. The van der Waals surface area contributed by atoms with Crippen molar-refractivity contribution in [1.29, 1.82) is 0 Å². The smallest absolute Gasteiger partial charge is 0.406 e. The number of carbonyl (C=O) groups excluding carboxylic acids is 3. The molecule has 0 bridgehead atoms. The summed E-state index contributed by atoms with van der Waals surface area (Å²) in [6.45, 7) is 5.38. The molecular formula is C32H37F3N6O4. The normalized spacial score (nSPS) is 16.5. The van der Waals surface area contributed by atoms with Crippen molar-refractivity contribution in [1.82, 2.24) is 20.4 Å². The van der Waals surface area contributed by atoms with Crippen LogP contribution in [0.2, 0.25) is 0 Å². The second-order valence-electron chi connectivity index (χ2n) is 10.7. The van der Waals surface area contributed by atoms with Crippen molar-refractivity contribution < 1.29 is 32.3 Å². The first-order chi connectivity index (χ1) is 21.5. The van der Waals surface area contributed by atoms with Gasteiger partial charge in [0.25, 0.3) is 0 Å². The van der Waals surface area contributed by atoms with Gasteiger partial charge in [0.15, 0.2) is 0 Å². The number of hydrogen-bond acceptors (Lipinski definition) is 7. The number of allylic oxidation sites excluding steroid dienone is 3. The van der Waals surface area contributed by atoms with E-state index in [2.05, 4.69) is 25.6 Å². The third-order valence-electron chi connectivity index (χ3n) is 7.38. The molecule has 1 atom stereocenters. The maximum absolute atomic E-state index is 13.4. The third-order valence-corrected chi connectivity index (χ3v) is 7.38. The van der Waals surface area contributed by atoms with Crippen LogP contribution < -0.4 is 26.4 Å². The predicted molar refractivity (Wildman–Crippen MR) is 164 cm³/mol. The van der Waals surface area contributed by atoms with E-state index in [0.29, 0.717) is 55.2 Å². The molecule has 2 aliphatic rings. The highest BCUT2D eigenvalue weighted by Gasteiger charge is 2.31. The van der Waals surface area contributed by atoms with Crippen LogP contribution in [0.15, 0.2) is 78.2 Å². The minimum atomic E-state index is -4.82. The zero-order valence-corrected chi connectivity index (χ0v) is 24.9. The summed E-state index contributed by atoms with van der Waals surface area (Å²) in [5, 5.41) is 8.81. The molecule has 0 saturated carbocycles. The number of nitrogens with one attached hydrogen (secondary N) is 3. The Balaban J connectivity index is 1.41. The molecule has 5 N–H and O–H groups in total. The van der Waals surface area contributed by atoms with Gasteiger partial charge in [-0.15, -0.1) is 13.2 Å². The Labute approximate surface area is 259 Å². The SMILES string of the molecule is CC(=O)N1CCN(CCNC(C(=O)Nc2ccc(OC(F)(F)F)cc2)c2ccc(/C=C/C(=O)NC3=C(N)CCC=C3)cc2)CC1. The Morgan fingerprint density at radius 3 is 2.31 bits per heavy atom. The van der Waals surface area contributed by atoms with Crippen LogP contribution in [0.25, 0.3) is 6.08 Å². The third kappa shape index (κ3) is 10.5. The minimum absolute atomic E-state index is 0.0462. The summed E-state index contributed by atoms with van der Waals surface area (Å²) in [5.74, 6) is -1.08. The Hall–Kier alpha value is -4.62. The van der Waals surface area contributed by atoms with Crippen molar-refractivity contribution in [3.63, 3.8) is 0 Å². The largest absolute Gasteiger partial charge is 0.573 e. The number of piperazine rings is 1. The predicted octanol–water partition coefficient (Wildman–Crippen LogP) is 3.67. The molecule has 1 aliphatic heterocycles. The van der Waals surface area contributed by atoms with E-state index in [0.717, 1.165) is 37.2 Å². The van der Waals surface area contributed by atoms with Gasteiger partial charge >= 0.3 is 6.36 Å². The Bertz CT molecular complexity index is 1430. The van der Waals surface area contributed by atoms with Crippen LogP contribution in [-0.4, -0.2) is 73.2 Å². The lowest BCUT2D eigenvalue weighted by Crippen LogP contribution is -2.49. The van der Waals surface area contributed by atoms with Gasteiger partial charge in [-0.1, -0.05) is 30.3 Å². The average molecular weight is 627 g/mol. The number of nitrogens with zero attached hydrogens (tertiary/aromatic N) is 2. The van der Waals surface area contributed by atoms with Crippen LogP contribution in [0.1, 0.15) is 36.9 Å². The van der Waals surface area contributed by atoms with Crippen LogP contribution in [-0.2, 0) is 14.4 Å². The molecule has 1 fully saturated rings. The van der Waals surface area contributed by atoms with E-state index in [1.807, 2.05) is 6.08 Å². The van der Waals surface area contributed by atoms with E-state index in [-0.39, 0.29) is 11.8 Å². The van der Waals surface area contributed by atoms with E-state index in [1.165, 1.54) is 18.2 Å². The van der Waals surface area contributed by atoms with Crippen molar-refractivity contribution in [2.24, 2.45) is 5.73 Å². The monoisotopic (exact) mass is 626 g/mol. The fourth-order valence-corrected chi connectivity index (χ4v) is 4.92. The number of amides is 3. The first-order valence-corrected chi connectivity index (χ1v) is 14.6. The lowest BCUT2D eigenvalue weighted by molar-refractivity contribution is -0.274. The topological polar surface area (TPSA) is 129 Å². The molecule has 10 nitrogen and oxygen atoms in total. The number of ether oxygens (including phenoxy) is 1. The molecule has 13 heteroatoms. The number of anilines is 1. The van der Waals surface area contributed by atoms with Crippen LogP contribution in [0.5, 0.6) is 5.75 Å². The van der Waals surface area contributed by atoms with Crippen molar-refractivity contribution >= 4 is 29.5 Å². The fourth-order valence-electron chi connectivity index (χ4n) is 4.92. The fraction of sp³-hybridized carbons (Fsp3) is 0.344. The molecule has 45 heavy (non-hydrogen) atoms. The first-order valence-electron chi connectivity index (χ1n) is 14.6. The lowest BCUT2D eigenvalue weighted by atomic mass is 10.0. The maximum atomic E-state index is 13.4. The van der Waals surface area contributed by atoms with Crippen LogP contribution in [0.3, 0.4) is 0 Å². The molecule has 3 amide bonds. The van der Waals surface area contributed by atoms with Crippen molar-refractivity contribution in [2.75, 3.05) is 44.6 Å². The van der Waals surface area contributed by atoms with Gasteiger partial charge in [-0.05, 0) is 60.4 Å². The number of rotatable bonds is 11. The first kappa shape index (κ1) is 33.3. The Kier molecular flexibility index (Phi) is 11.4. The quantitative estimate of drug-likeness (QED) is 0.280. The molecule has 0 aromatic heterocycles. The van der Waals surface area contributed by atoms with Gasteiger partial charge in [0.05, 0.1) is 5.70 Å². The number of alkyl halides is 3. The van der Waals surface area contributed by atoms with Gasteiger partial charge in [-0.3, -0.25) is 19.3 Å². The van der Waals surface area contributed by atoms with E-state index in [9.17, 15) is 27.6 Å². The van der Waals surface area contributed by atoms with Gasteiger partial charge in [0, 0.05) is 63.7 Å².